The number of carbonyl (C=O) groups is 1. The molecule has 1 aliphatic rings. The van der Waals surface area contributed by atoms with Crippen molar-refractivity contribution in [3.8, 4) is 0 Å². The molecule has 1 aliphatic heterocycles. The van der Waals surface area contributed by atoms with Crippen molar-refractivity contribution < 1.29 is 19.7 Å². The van der Waals surface area contributed by atoms with Crippen LogP contribution in [0.25, 0.3) is 10.8 Å². The van der Waals surface area contributed by atoms with Crippen molar-refractivity contribution in [1.82, 2.24) is 4.90 Å². The lowest BCUT2D eigenvalue weighted by Gasteiger charge is -2.45. The maximum absolute atomic E-state index is 13.2. The van der Waals surface area contributed by atoms with E-state index in [1.54, 1.807) is 18.7 Å². The standard InChI is InChI=1S/C32H31NO4S/c1-2-37-32(36)30-28(34)20-27(23-12-5-3-6-13-23)33(31(30)24-14-7-4-8-15-24)29(35)21-38-26-18-17-22-11-9-10-16-25(22)19-26/h3-19,27,29,31,34-35H,2,20-21H2,1H3. The summed E-state index contributed by atoms with van der Waals surface area (Å²) in [6.07, 6.45) is -0.724. The zero-order valence-corrected chi connectivity index (χ0v) is 22.1. The Labute approximate surface area is 227 Å². The highest BCUT2D eigenvalue weighted by molar-refractivity contribution is 7.99. The number of thioether (sulfide) groups is 1. The van der Waals surface area contributed by atoms with E-state index in [4.69, 9.17) is 4.74 Å². The van der Waals surface area contributed by atoms with Gasteiger partial charge in [-0.2, -0.15) is 0 Å². The number of ether oxygens (including phenoxy) is 1. The Balaban J connectivity index is 1.54. The maximum Gasteiger partial charge on any atom is 0.339 e. The van der Waals surface area contributed by atoms with Crippen LogP contribution in [0.5, 0.6) is 0 Å². The SMILES string of the molecule is CCOC(=O)C1=C(O)CC(c2ccccc2)N(C(O)CSc2ccc3ccccc3c2)C1c1ccccc1. The molecule has 194 valence electrons. The van der Waals surface area contributed by atoms with E-state index >= 15 is 0 Å². The van der Waals surface area contributed by atoms with Gasteiger partial charge in [0, 0.05) is 23.1 Å². The van der Waals surface area contributed by atoms with Crippen LogP contribution in [-0.4, -0.2) is 39.7 Å². The van der Waals surface area contributed by atoms with Gasteiger partial charge in [-0.3, -0.25) is 4.90 Å². The summed E-state index contributed by atoms with van der Waals surface area (Å²) in [5.41, 5.74) is 1.94. The van der Waals surface area contributed by atoms with Crippen molar-refractivity contribution in [2.45, 2.75) is 36.6 Å². The molecule has 0 saturated heterocycles. The lowest BCUT2D eigenvalue weighted by Crippen LogP contribution is -2.47. The summed E-state index contributed by atoms with van der Waals surface area (Å²) in [5.74, 6) is -0.191. The fourth-order valence-electron chi connectivity index (χ4n) is 5.16. The van der Waals surface area contributed by atoms with E-state index in [1.807, 2.05) is 77.7 Å². The van der Waals surface area contributed by atoms with Gasteiger partial charge in [0.25, 0.3) is 0 Å². The van der Waals surface area contributed by atoms with Crippen LogP contribution in [0.4, 0.5) is 0 Å². The molecule has 0 fully saturated rings. The molecule has 0 spiro atoms. The third kappa shape index (κ3) is 5.48. The predicted octanol–water partition coefficient (Wildman–Crippen LogP) is 6.81. The third-order valence-corrected chi connectivity index (χ3v) is 7.94. The fourth-order valence-corrected chi connectivity index (χ4v) is 6.04. The lowest BCUT2D eigenvalue weighted by atomic mass is 9.85. The lowest BCUT2D eigenvalue weighted by molar-refractivity contribution is -0.141. The molecular weight excluding hydrogens is 494 g/mol. The second-order valence-corrected chi connectivity index (χ2v) is 10.4. The number of fused-ring (bicyclic) bond motifs is 1. The minimum absolute atomic E-state index is 0.00297. The minimum Gasteiger partial charge on any atom is -0.512 e. The highest BCUT2D eigenvalue weighted by Crippen LogP contribution is 2.46. The number of esters is 1. The first-order valence-electron chi connectivity index (χ1n) is 12.8. The molecule has 0 aliphatic carbocycles. The summed E-state index contributed by atoms with van der Waals surface area (Å²) in [4.78, 5) is 16.2. The third-order valence-electron chi connectivity index (χ3n) is 6.89. The summed E-state index contributed by atoms with van der Waals surface area (Å²) in [6.45, 7) is 1.94. The van der Waals surface area contributed by atoms with Gasteiger partial charge in [-0.25, -0.2) is 4.79 Å². The van der Waals surface area contributed by atoms with Crippen LogP contribution < -0.4 is 0 Å². The minimum atomic E-state index is -0.917. The molecular formula is C32H31NO4S. The van der Waals surface area contributed by atoms with Crippen LogP contribution in [0.2, 0.25) is 0 Å². The number of benzene rings is 4. The maximum atomic E-state index is 13.2. The molecule has 4 aromatic rings. The largest absolute Gasteiger partial charge is 0.512 e. The van der Waals surface area contributed by atoms with Crippen LogP contribution in [0.3, 0.4) is 0 Å². The summed E-state index contributed by atoms with van der Waals surface area (Å²) in [6, 6.07) is 32.8. The average Bonchev–Trinajstić information content (AvgIpc) is 2.96. The molecule has 0 bridgehead atoms. The van der Waals surface area contributed by atoms with Gasteiger partial charge in [0.15, 0.2) is 0 Å². The molecule has 5 nitrogen and oxygen atoms in total. The smallest absolute Gasteiger partial charge is 0.339 e. The van der Waals surface area contributed by atoms with E-state index in [9.17, 15) is 15.0 Å². The molecule has 1 heterocycles. The first-order chi connectivity index (χ1) is 18.6. The number of aliphatic hydroxyl groups is 2. The topological polar surface area (TPSA) is 70.0 Å². The molecule has 5 rings (SSSR count). The number of rotatable bonds is 8. The van der Waals surface area contributed by atoms with Gasteiger partial charge < -0.3 is 14.9 Å². The van der Waals surface area contributed by atoms with Gasteiger partial charge >= 0.3 is 5.97 Å². The van der Waals surface area contributed by atoms with Crippen molar-refractivity contribution in [2.24, 2.45) is 0 Å². The Morgan fingerprint density at radius 3 is 2.24 bits per heavy atom. The van der Waals surface area contributed by atoms with Gasteiger partial charge in [-0.1, -0.05) is 91.0 Å². The molecule has 4 aromatic carbocycles. The molecule has 0 aromatic heterocycles. The first-order valence-corrected chi connectivity index (χ1v) is 13.8. The zero-order chi connectivity index (χ0) is 26.5. The van der Waals surface area contributed by atoms with Crippen molar-refractivity contribution in [2.75, 3.05) is 12.4 Å². The second kappa shape index (κ2) is 11.9. The number of nitrogens with zero attached hydrogens (tertiary/aromatic N) is 1. The van der Waals surface area contributed by atoms with E-state index in [0.29, 0.717) is 5.75 Å². The zero-order valence-electron chi connectivity index (χ0n) is 21.2. The normalized spacial score (nSPS) is 18.9. The van der Waals surface area contributed by atoms with Gasteiger partial charge in [0.1, 0.15) is 12.0 Å². The quantitative estimate of drug-likeness (QED) is 0.194. The fraction of sp³-hybridized carbons (Fsp3) is 0.219. The number of hydrogen-bond donors (Lipinski definition) is 2. The average molecular weight is 526 g/mol. The summed E-state index contributed by atoms with van der Waals surface area (Å²) in [5, 5.41) is 25.3. The Morgan fingerprint density at radius 2 is 1.55 bits per heavy atom. The summed E-state index contributed by atoms with van der Waals surface area (Å²) >= 11 is 1.57. The van der Waals surface area contributed by atoms with Crippen LogP contribution in [-0.2, 0) is 9.53 Å². The monoisotopic (exact) mass is 525 g/mol. The molecule has 0 amide bonds. The molecule has 0 saturated carbocycles. The summed E-state index contributed by atoms with van der Waals surface area (Å²) < 4.78 is 5.37. The van der Waals surface area contributed by atoms with Crippen molar-refractivity contribution >= 4 is 28.5 Å². The van der Waals surface area contributed by atoms with Crippen LogP contribution >= 0.6 is 11.8 Å². The van der Waals surface area contributed by atoms with Crippen LogP contribution in [0.15, 0.2) is 119 Å². The van der Waals surface area contributed by atoms with Crippen molar-refractivity contribution in [1.29, 1.82) is 0 Å². The predicted molar refractivity (Wildman–Crippen MR) is 152 cm³/mol. The molecule has 3 atom stereocenters. The van der Waals surface area contributed by atoms with Gasteiger partial charge in [-0.05, 0) is 41.0 Å². The van der Waals surface area contributed by atoms with Crippen LogP contribution in [0, 0.1) is 0 Å². The Bertz CT molecular complexity index is 1420. The molecule has 0 radical (unpaired) electrons. The van der Waals surface area contributed by atoms with Crippen molar-refractivity contribution in [3.05, 3.63) is 126 Å². The first kappa shape index (κ1) is 26.0. The molecule has 38 heavy (non-hydrogen) atoms. The Hall–Kier alpha value is -3.58. The Morgan fingerprint density at radius 1 is 0.921 bits per heavy atom. The van der Waals surface area contributed by atoms with Gasteiger partial charge in [0.05, 0.1) is 18.2 Å². The van der Waals surface area contributed by atoms with E-state index in [-0.39, 0.29) is 30.4 Å². The number of carbonyl (C=O) groups excluding carboxylic acids is 1. The molecule has 2 N–H and O–H groups in total. The number of aliphatic hydroxyl groups excluding tert-OH is 2. The molecule has 6 heteroatoms. The van der Waals surface area contributed by atoms with Crippen molar-refractivity contribution in [3.63, 3.8) is 0 Å². The van der Waals surface area contributed by atoms with E-state index < -0.39 is 18.2 Å². The van der Waals surface area contributed by atoms with Gasteiger partial charge in [-0.15, -0.1) is 11.8 Å². The van der Waals surface area contributed by atoms with E-state index in [1.165, 1.54) is 5.39 Å². The van der Waals surface area contributed by atoms with E-state index in [0.717, 1.165) is 21.4 Å². The second-order valence-electron chi connectivity index (χ2n) is 9.27. The van der Waals surface area contributed by atoms with E-state index in [2.05, 4.69) is 30.3 Å². The summed E-state index contributed by atoms with van der Waals surface area (Å²) in [7, 11) is 0. The highest BCUT2D eigenvalue weighted by Gasteiger charge is 2.44. The highest BCUT2D eigenvalue weighted by atomic mass is 32.2. The van der Waals surface area contributed by atoms with Gasteiger partial charge in [0.2, 0.25) is 0 Å². The van der Waals surface area contributed by atoms with Crippen LogP contribution in [0.1, 0.15) is 36.6 Å². The molecule has 3 unspecified atom stereocenters. The number of hydrogen-bond acceptors (Lipinski definition) is 6. The Kier molecular flexibility index (Phi) is 8.13.